The first-order chi connectivity index (χ1) is 6.29. The van der Waals surface area contributed by atoms with Crippen molar-refractivity contribution in [3.63, 3.8) is 0 Å². The van der Waals surface area contributed by atoms with Gasteiger partial charge in [-0.3, -0.25) is 0 Å². The molecule has 0 fully saturated rings. The minimum absolute atomic E-state index is 0.167. The fourth-order valence-electron chi connectivity index (χ4n) is 0.887. The predicted molar refractivity (Wildman–Crippen MR) is 47.0 cm³/mol. The van der Waals surface area contributed by atoms with Gasteiger partial charge < -0.3 is 10.3 Å². The molecule has 0 bridgehead atoms. The molecule has 5 nitrogen and oxygen atoms in total. The van der Waals surface area contributed by atoms with Gasteiger partial charge in [0, 0.05) is 12.4 Å². The van der Waals surface area contributed by atoms with Gasteiger partial charge >= 0.3 is 0 Å². The predicted octanol–water partition coefficient (Wildman–Crippen LogP) is 1.37. The van der Waals surface area contributed by atoms with Gasteiger partial charge in [0.25, 0.3) is 0 Å². The maximum absolute atomic E-state index is 5.81. The summed E-state index contributed by atoms with van der Waals surface area (Å²) >= 11 is 5.81. The molecule has 0 aliphatic carbocycles. The van der Waals surface area contributed by atoms with E-state index in [9.17, 15) is 0 Å². The molecule has 66 valence electrons. The highest BCUT2D eigenvalue weighted by atomic mass is 35.5. The van der Waals surface area contributed by atoms with E-state index >= 15 is 0 Å². The Bertz CT molecular complexity index is 414. The number of hydrogen-bond donors (Lipinski definition) is 1. The van der Waals surface area contributed by atoms with Crippen molar-refractivity contribution in [3.8, 4) is 11.3 Å². The molecule has 2 rings (SSSR count). The highest BCUT2D eigenvalue weighted by Crippen LogP contribution is 2.30. The van der Waals surface area contributed by atoms with E-state index in [-0.39, 0.29) is 10.8 Å². The van der Waals surface area contributed by atoms with Gasteiger partial charge in [-0.1, -0.05) is 16.8 Å². The van der Waals surface area contributed by atoms with Gasteiger partial charge in [0.05, 0.1) is 5.56 Å². The highest BCUT2D eigenvalue weighted by molar-refractivity contribution is 6.35. The van der Waals surface area contributed by atoms with Crippen molar-refractivity contribution in [1.82, 2.24) is 15.1 Å². The molecule has 2 N–H and O–H groups in total. The summed E-state index contributed by atoms with van der Waals surface area (Å²) < 4.78 is 4.89. The van der Waals surface area contributed by atoms with Gasteiger partial charge in [-0.05, 0) is 0 Å². The zero-order valence-electron chi connectivity index (χ0n) is 6.44. The van der Waals surface area contributed by atoms with Crippen LogP contribution in [0.25, 0.3) is 11.3 Å². The molecule has 0 saturated carbocycles. The SMILES string of the molecule is Nc1noc(-c2cncnc2)c1Cl. The van der Waals surface area contributed by atoms with Crippen LogP contribution in [-0.4, -0.2) is 15.1 Å². The van der Waals surface area contributed by atoms with Crippen LogP contribution >= 0.6 is 11.6 Å². The largest absolute Gasteiger partial charge is 0.380 e. The van der Waals surface area contributed by atoms with Crippen molar-refractivity contribution in [2.24, 2.45) is 0 Å². The van der Waals surface area contributed by atoms with E-state index < -0.39 is 0 Å². The normalized spacial score (nSPS) is 10.2. The van der Waals surface area contributed by atoms with Crippen LogP contribution in [0.5, 0.6) is 0 Å². The quantitative estimate of drug-likeness (QED) is 0.745. The van der Waals surface area contributed by atoms with Crippen LogP contribution in [0.1, 0.15) is 0 Å². The van der Waals surface area contributed by atoms with E-state index in [2.05, 4.69) is 15.1 Å². The second-order valence-corrected chi connectivity index (χ2v) is 2.72. The number of aromatic nitrogens is 3. The van der Waals surface area contributed by atoms with E-state index in [0.717, 1.165) is 0 Å². The molecule has 2 aromatic heterocycles. The van der Waals surface area contributed by atoms with Crippen molar-refractivity contribution >= 4 is 17.4 Å². The molecule has 0 aliphatic rings. The minimum atomic E-state index is 0.167. The van der Waals surface area contributed by atoms with E-state index in [0.29, 0.717) is 11.3 Å². The van der Waals surface area contributed by atoms with Crippen molar-refractivity contribution in [1.29, 1.82) is 0 Å². The maximum atomic E-state index is 5.81. The second kappa shape index (κ2) is 3.02. The molecule has 0 aliphatic heterocycles. The van der Waals surface area contributed by atoms with Crippen LogP contribution in [0.3, 0.4) is 0 Å². The summed E-state index contributed by atoms with van der Waals surface area (Å²) in [5.41, 5.74) is 6.05. The summed E-state index contributed by atoms with van der Waals surface area (Å²) in [6, 6.07) is 0. The Labute approximate surface area is 78.5 Å². The number of nitrogens with zero attached hydrogens (tertiary/aromatic N) is 3. The lowest BCUT2D eigenvalue weighted by atomic mass is 10.2. The van der Waals surface area contributed by atoms with Crippen LogP contribution in [-0.2, 0) is 0 Å². The molecule has 13 heavy (non-hydrogen) atoms. The fourth-order valence-corrected chi connectivity index (χ4v) is 1.07. The first kappa shape index (κ1) is 8.00. The molecule has 0 amide bonds. The average molecular weight is 197 g/mol. The maximum Gasteiger partial charge on any atom is 0.190 e. The number of nitrogen functional groups attached to an aromatic ring is 1. The number of nitrogens with two attached hydrogens (primary N) is 1. The summed E-state index contributed by atoms with van der Waals surface area (Å²) in [6.45, 7) is 0. The van der Waals surface area contributed by atoms with Gasteiger partial charge in [0.2, 0.25) is 0 Å². The van der Waals surface area contributed by atoms with Crippen LogP contribution < -0.4 is 5.73 Å². The monoisotopic (exact) mass is 196 g/mol. The number of hydrogen-bond acceptors (Lipinski definition) is 5. The smallest absolute Gasteiger partial charge is 0.190 e. The van der Waals surface area contributed by atoms with E-state index in [1.807, 2.05) is 0 Å². The Morgan fingerprint density at radius 1 is 1.31 bits per heavy atom. The molecule has 2 aromatic rings. The van der Waals surface area contributed by atoms with Gasteiger partial charge in [0.15, 0.2) is 11.6 Å². The zero-order chi connectivity index (χ0) is 9.26. The van der Waals surface area contributed by atoms with E-state index in [4.69, 9.17) is 21.9 Å². The molecule has 6 heteroatoms. The van der Waals surface area contributed by atoms with E-state index in [1.54, 1.807) is 12.4 Å². The van der Waals surface area contributed by atoms with Crippen LogP contribution in [0.4, 0.5) is 5.82 Å². The topological polar surface area (TPSA) is 77.8 Å². The molecule has 0 aromatic carbocycles. The van der Waals surface area contributed by atoms with Crippen molar-refractivity contribution in [2.75, 3.05) is 5.73 Å². The minimum Gasteiger partial charge on any atom is -0.380 e. The molecule has 0 spiro atoms. The molecule has 0 unspecified atom stereocenters. The summed E-state index contributed by atoms with van der Waals surface area (Å²) in [4.78, 5) is 7.63. The van der Waals surface area contributed by atoms with Crippen LogP contribution in [0.15, 0.2) is 23.2 Å². The zero-order valence-corrected chi connectivity index (χ0v) is 7.19. The summed E-state index contributed by atoms with van der Waals surface area (Å²) in [5.74, 6) is 0.556. The van der Waals surface area contributed by atoms with Gasteiger partial charge in [-0.2, -0.15) is 0 Å². The summed E-state index contributed by atoms with van der Waals surface area (Å²) in [7, 11) is 0. The Morgan fingerprint density at radius 2 is 2.00 bits per heavy atom. The Hall–Kier alpha value is -1.62. The Balaban J connectivity index is 2.53. The lowest BCUT2D eigenvalue weighted by molar-refractivity contribution is 0.435. The van der Waals surface area contributed by atoms with Crippen LogP contribution in [0.2, 0.25) is 5.02 Å². The Morgan fingerprint density at radius 3 is 2.54 bits per heavy atom. The Kier molecular flexibility index (Phi) is 1.86. The lowest BCUT2D eigenvalue weighted by Crippen LogP contribution is -1.83. The van der Waals surface area contributed by atoms with Crippen molar-refractivity contribution in [3.05, 3.63) is 23.7 Å². The average Bonchev–Trinajstić information content (AvgIpc) is 2.49. The molecule has 0 saturated heterocycles. The van der Waals surface area contributed by atoms with Crippen molar-refractivity contribution in [2.45, 2.75) is 0 Å². The third-order valence-electron chi connectivity index (χ3n) is 1.48. The second-order valence-electron chi connectivity index (χ2n) is 2.34. The van der Waals surface area contributed by atoms with Gasteiger partial charge in [0.1, 0.15) is 11.3 Å². The molecule has 2 heterocycles. The van der Waals surface area contributed by atoms with Gasteiger partial charge in [-0.25, -0.2) is 9.97 Å². The van der Waals surface area contributed by atoms with Gasteiger partial charge in [-0.15, -0.1) is 0 Å². The van der Waals surface area contributed by atoms with Crippen molar-refractivity contribution < 1.29 is 4.52 Å². The highest BCUT2D eigenvalue weighted by Gasteiger charge is 2.13. The summed E-state index contributed by atoms with van der Waals surface area (Å²) in [6.07, 6.45) is 4.55. The fraction of sp³-hybridized carbons (Fsp3) is 0. The standard InChI is InChI=1S/C7H5ClN4O/c8-5-6(13-12-7(5)9)4-1-10-3-11-2-4/h1-3H,(H2,9,12). The molecule has 0 radical (unpaired) electrons. The van der Waals surface area contributed by atoms with E-state index in [1.165, 1.54) is 6.33 Å². The summed E-state index contributed by atoms with van der Waals surface area (Å²) in [5, 5.41) is 3.79. The molecular weight excluding hydrogens is 192 g/mol. The molecular formula is C7H5ClN4O. The molecule has 0 atom stereocenters. The number of anilines is 1. The number of rotatable bonds is 1. The third-order valence-corrected chi connectivity index (χ3v) is 1.85. The number of halogens is 1. The lowest BCUT2D eigenvalue weighted by Gasteiger charge is -1.92. The first-order valence-electron chi connectivity index (χ1n) is 3.45. The van der Waals surface area contributed by atoms with Crippen LogP contribution in [0, 0.1) is 0 Å². The first-order valence-corrected chi connectivity index (χ1v) is 3.83. The third kappa shape index (κ3) is 1.33.